The number of benzene rings is 2. The molecule has 0 radical (unpaired) electrons. The number of hydrogen-bond donors (Lipinski definition) is 1. The van der Waals surface area contributed by atoms with E-state index in [-0.39, 0.29) is 11.3 Å². The topological polar surface area (TPSA) is 79.3 Å². The van der Waals surface area contributed by atoms with Gasteiger partial charge in [-0.2, -0.15) is 0 Å². The molecule has 1 amide bonds. The molecule has 0 spiro atoms. The summed E-state index contributed by atoms with van der Waals surface area (Å²) in [7, 11) is 0. The predicted octanol–water partition coefficient (Wildman–Crippen LogP) is 6.51. The van der Waals surface area contributed by atoms with E-state index < -0.39 is 17.7 Å². The number of amides is 1. The van der Waals surface area contributed by atoms with Crippen molar-refractivity contribution in [2.45, 2.75) is 72.8 Å². The first-order chi connectivity index (χ1) is 19.4. The van der Waals surface area contributed by atoms with Crippen LogP contribution < -0.4 is 9.47 Å². The number of Topliss-reactive ketones (excluding diaryl/α,β-unsaturated/α-hetero) is 1. The Morgan fingerprint density at radius 3 is 2.20 bits per heavy atom. The molecule has 2 aromatic rings. The number of rotatable bonds is 16. The number of ether oxygens (including phenoxy) is 2. The lowest BCUT2D eigenvalue weighted by molar-refractivity contribution is -0.140. The number of hydrogen-bond acceptors (Lipinski definition) is 6. The summed E-state index contributed by atoms with van der Waals surface area (Å²) >= 11 is 0. The van der Waals surface area contributed by atoms with Crippen molar-refractivity contribution >= 4 is 17.4 Å². The van der Waals surface area contributed by atoms with Crippen molar-refractivity contribution in [3.05, 3.63) is 64.7 Å². The van der Waals surface area contributed by atoms with Crippen molar-refractivity contribution in [1.82, 2.24) is 9.80 Å². The van der Waals surface area contributed by atoms with Crippen molar-refractivity contribution < 1.29 is 24.2 Å². The minimum atomic E-state index is -0.689. The minimum Gasteiger partial charge on any atom is -0.507 e. The Balaban J connectivity index is 1.98. The van der Waals surface area contributed by atoms with Crippen LogP contribution >= 0.6 is 0 Å². The van der Waals surface area contributed by atoms with Crippen molar-refractivity contribution in [3.8, 4) is 11.5 Å². The van der Waals surface area contributed by atoms with E-state index in [1.54, 1.807) is 11.0 Å². The van der Waals surface area contributed by atoms with Crippen molar-refractivity contribution in [3.63, 3.8) is 0 Å². The molecule has 1 fully saturated rings. The average Bonchev–Trinajstić information content (AvgIpc) is 3.21. The van der Waals surface area contributed by atoms with Gasteiger partial charge in [-0.15, -0.1) is 0 Å². The van der Waals surface area contributed by atoms with Crippen LogP contribution in [0.15, 0.2) is 48.0 Å². The molecule has 218 valence electrons. The smallest absolute Gasteiger partial charge is 0.295 e. The number of aliphatic hydroxyl groups is 1. The molecule has 2 aromatic carbocycles. The normalized spacial score (nSPS) is 16.6. The van der Waals surface area contributed by atoms with E-state index in [0.29, 0.717) is 31.9 Å². The number of nitrogens with zero attached hydrogens (tertiary/aromatic N) is 2. The molecule has 1 aliphatic heterocycles. The quantitative estimate of drug-likeness (QED) is 0.111. The standard InChI is InChI=1S/C33H46N2O5/c1-6-10-12-22-39-27-16-13-25(14-17-27)30-29(32(37)33(38)35(30)20-19-34(8-3)9-4)31(36)26-15-18-28(24(5)23-26)40-21-11-7-2/h13-18,23,30,36H,6-12,19-22H2,1-5H3. The summed E-state index contributed by atoms with van der Waals surface area (Å²) in [5.41, 5.74) is 2.22. The Bertz CT molecular complexity index is 1150. The Morgan fingerprint density at radius 2 is 1.57 bits per heavy atom. The summed E-state index contributed by atoms with van der Waals surface area (Å²) < 4.78 is 11.7. The van der Waals surface area contributed by atoms with Crippen LogP contribution in [0.3, 0.4) is 0 Å². The Kier molecular flexibility index (Phi) is 12.1. The molecule has 0 bridgehead atoms. The fraction of sp³-hybridized carbons (Fsp3) is 0.515. The van der Waals surface area contributed by atoms with Gasteiger partial charge in [-0.25, -0.2) is 0 Å². The molecule has 0 aromatic heterocycles. The van der Waals surface area contributed by atoms with Gasteiger partial charge in [0, 0.05) is 18.7 Å². The number of likely N-dealkylation sites (tertiary alicyclic amines) is 1. The maximum absolute atomic E-state index is 13.4. The van der Waals surface area contributed by atoms with Gasteiger partial charge in [0.15, 0.2) is 0 Å². The van der Waals surface area contributed by atoms with Gasteiger partial charge in [0.25, 0.3) is 11.7 Å². The largest absolute Gasteiger partial charge is 0.507 e. The number of unbranched alkanes of at least 4 members (excludes halogenated alkanes) is 3. The highest BCUT2D eigenvalue weighted by Crippen LogP contribution is 2.40. The highest BCUT2D eigenvalue weighted by atomic mass is 16.5. The van der Waals surface area contributed by atoms with Gasteiger partial charge in [0.2, 0.25) is 0 Å². The van der Waals surface area contributed by atoms with Gasteiger partial charge in [-0.1, -0.05) is 59.1 Å². The fourth-order valence-electron chi connectivity index (χ4n) is 4.98. The van der Waals surface area contributed by atoms with Crippen LogP contribution in [0.2, 0.25) is 0 Å². The average molecular weight is 551 g/mol. The lowest BCUT2D eigenvalue weighted by atomic mass is 9.94. The van der Waals surface area contributed by atoms with E-state index in [9.17, 15) is 14.7 Å². The maximum atomic E-state index is 13.4. The lowest BCUT2D eigenvalue weighted by Gasteiger charge is -2.28. The second-order valence-electron chi connectivity index (χ2n) is 10.3. The Hall–Kier alpha value is -3.32. The van der Waals surface area contributed by atoms with Crippen LogP contribution in [0, 0.1) is 6.92 Å². The van der Waals surface area contributed by atoms with Gasteiger partial charge >= 0.3 is 0 Å². The van der Waals surface area contributed by atoms with Crippen LogP contribution in [0.25, 0.3) is 5.76 Å². The second kappa shape index (κ2) is 15.5. The lowest BCUT2D eigenvalue weighted by Crippen LogP contribution is -2.38. The third-order valence-electron chi connectivity index (χ3n) is 7.51. The molecular weight excluding hydrogens is 504 g/mol. The first-order valence-corrected chi connectivity index (χ1v) is 14.8. The number of aliphatic hydroxyl groups excluding tert-OH is 1. The van der Waals surface area contributed by atoms with Gasteiger partial charge in [0.1, 0.15) is 17.3 Å². The zero-order chi connectivity index (χ0) is 29.1. The second-order valence-corrected chi connectivity index (χ2v) is 10.3. The monoisotopic (exact) mass is 550 g/mol. The number of carbonyl (C=O) groups is 2. The Morgan fingerprint density at radius 1 is 0.900 bits per heavy atom. The van der Waals surface area contributed by atoms with E-state index in [4.69, 9.17) is 9.47 Å². The van der Waals surface area contributed by atoms with E-state index in [1.807, 2.05) is 43.3 Å². The highest BCUT2D eigenvalue weighted by Gasteiger charge is 2.46. The number of aryl methyl sites for hydroxylation is 1. The van der Waals surface area contributed by atoms with Crippen molar-refractivity contribution in [2.75, 3.05) is 39.4 Å². The van der Waals surface area contributed by atoms with E-state index in [1.165, 1.54) is 0 Å². The molecule has 1 heterocycles. The number of likely N-dealkylation sites (N-methyl/N-ethyl adjacent to an activating group) is 1. The summed E-state index contributed by atoms with van der Waals surface area (Å²) in [5.74, 6) is 0.0690. The Labute approximate surface area is 239 Å². The van der Waals surface area contributed by atoms with Gasteiger partial charge in [0.05, 0.1) is 24.8 Å². The zero-order valence-electron chi connectivity index (χ0n) is 24.9. The fourth-order valence-corrected chi connectivity index (χ4v) is 4.98. The van der Waals surface area contributed by atoms with E-state index in [0.717, 1.165) is 67.8 Å². The number of ketones is 1. The SMILES string of the molecule is CCCCCOc1ccc(C2C(=C(O)c3ccc(OCCCC)c(C)c3)C(=O)C(=O)N2CCN(CC)CC)cc1. The first-order valence-electron chi connectivity index (χ1n) is 14.8. The van der Waals surface area contributed by atoms with Crippen molar-refractivity contribution in [2.24, 2.45) is 0 Å². The molecule has 0 aliphatic carbocycles. The van der Waals surface area contributed by atoms with Crippen LogP contribution in [0.4, 0.5) is 0 Å². The molecule has 40 heavy (non-hydrogen) atoms. The summed E-state index contributed by atoms with van der Waals surface area (Å²) in [5, 5.41) is 11.5. The first kappa shape index (κ1) is 31.2. The van der Waals surface area contributed by atoms with Crippen LogP contribution in [0.5, 0.6) is 11.5 Å². The zero-order valence-corrected chi connectivity index (χ0v) is 24.9. The number of carbonyl (C=O) groups excluding carboxylic acids is 2. The molecule has 7 nitrogen and oxygen atoms in total. The molecule has 0 saturated carbocycles. The minimum absolute atomic E-state index is 0.111. The third-order valence-corrected chi connectivity index (χ3v) is 7.51. The molecule has 1 unspecified atom stereocenters. The summed E-state index contributed by atoms with van der Waals surface area (Å²) in [4.78, 5) is 30.6. The molecule has 1 saturated heterocycles. The molecule has 1 aliphatic rings. The predicted molar refractivity (Wildman–Crippen MR) is 160 cm³/mol. The van der Waals surface area contributed by atoms with Crippen LogP contribution in [-0.2, 0) is 9.59 Å². The molecular formula is C33H46N2O5. The third kappa shape index (κ3) is 7.66. The van der Waals surface area contributed by atoms with Crippen molar-refractivity contribution in [1.29, 1.82) is 0 Å². The molecule has 3 rings (SSSR count). The van der Waals surface area contributed by atoms with Crippen LogP contribution in [-0.4, -0.2) is 66.0 Å². The molecule has 1 atom stereocenters. The molecule has 1 N–H and O–H groups in total. The summed E-state index contributed by atoms with van der Waals surface area (Å²) in [6, 6.07) is 12.2. The molecule has 7 heteroatoms. The van der Waals surface area contributed by atoms with Gasteiger partial charge in [-0.05, 0) is 74.3 Å². The summed E-state index contributed by atoms with van der Waals surface area (Å²) in [6.07, 6.45) is 5.23. The maximum Gasteiger partial charge on any atom is 0.295 e. The van der Waals surface area contributed by atoms with Crippen LogP contribution in [0.1, 0.15) is 82.5 Å². The van der Waals surface area contributed by atoms with Gasteiger partial charge in [-0.3, -0.25) is 9.59 Å². The van der Waals surface area contributed by atoms with E-state index in [2.05, 4.69) is 32.6 Å². The summed E-state index contributed by atoms with van der Waals surface area (Å²) in [6.45, 7) is 14.3. The highest BCUT2D eigenvalue weighted by molar-refractivity contribution is 6.46. The van der Waals surface area contributed by atoms with Gasteiger partial charge < -0.3 is 24.4 Å². The van der Waals surface area contributed by atoms with E-state index >= 15 is 0 Å².